The summed E-state index contributed by atoms with van der Waals surface area (Å²) < 4.78 is 48.8. The van der Waals surface area contributed by atoms with Crippen LogP contribution in [0.1, 0.15) is 17.5 Å². The Morgan fingerprint density at radius 1 is 1.32 bits per heavy atom. The molecule has 2 aliphatic rings. The SMILES string of the molecule is CON(C)C(=O)N1N=C(c2cc(F)ccc2F)SC12c1cc(F)ccc1OCC2CC[N+](=O)[O-]. The van der Waals surface area contributed by atoms with E-state index in [2.05, 4.69) is 5.10 Å². The molecular weight excluding hydrogens is 477 g/mol. The number of hydrogen-bond acceptors (Lipinski definition) is 7. The Morgan fingerprint density at radius 3 is 2.74 bits per heavy atom. The van der Waals surface area contributed by atoms with E-state index < -0.39 is 45.7 Å². The summed E-state index contributed by atoms with van der Waals surface area (Å²) in [6, 6.07) is 5.69. The molecule has 2 atom stereocenters. The van der Waals surface area contributed by atoms with E-state index in [9.17, 15) is 28.1 Å². The maximum absolute atomic E-state index is 14.7. The molecule has 0 fully saturated rings. The highest BCUT2D eigenvalue weighted by Crippen LogP contribution is 2.58. The maximum atomic E-state index is 14.7. The molecule has 2 aliphatic heterocycles. The predicted molar refractivity (Wildman–Crippen MR) is 116 cm³/mol. The molecule has 9 nitrogen and oxygen atoms in total. The molecule has 0 saturated carbocycles. The summed E-state index contributed by atoms with van der Waals surface area (Å²) >= 11 is 0.882. The van der Waals surface area contributed by atoms with Gasteiger partial charge in [-0.3, -0.25) is 15.0 Å². The molecule has 180 valence electrons. The number of nitrogens with zero attached hydrogens (tertiary/aromatic N) is 4. The summed E-state index contributed by atoms with van der Waals surface area (Å²) in [5.74, 6) is -2.68. The van der Waals surface area contributed by atoms with E-state index in [1.807, 2.05) is 0 Å². The van der Waals surface area contributed by atoms with Crippen molar-refractivity contribution in [1.29, 1.82) is 0 Å². The molecule has 4 rings (SSSR count). The second-order valence-electron chi connectivity index (χ2n) is 7.60. The molecule has 2 aromatic carbocycles. The van der Waals surface area contributed by atoms with Crippen LogP contribution in [-0.4, -0.2) is 53.4 Å². The minimum atomic E-state index is -1.55. The lowest BCUT2D eigenvalue weighted by atomic mass is 9.86. The average molecular weight is 496 g/mol. The number of urea groups is 1. The van der Waals surface area contributed by atoms with Gasteiger partial charge >= 0.3 is 6.03 Å². The Hall–Kier alpha value is -3.32. The smallest absolute Gasteiger partial charge is 0.365 e. The van der Waals surface area contributed by atoms with Crippen molar-refractivity contribution in [2.24, 2.45) is 11.0 Å². The van der Waals surface area contributed by atoms with Crippen LogP contribution in [0.15, 0.2) is 41.5 Å². The molecule has 0 radical (unpaired) electrons. The second kappa shape index (κ2) is 9.14. The fourth-order valence-electron chi connectivity index (χ4n) is 3.94. The standard InChI is InChI=1S/C21H19F3N4O5S/c1-26(32-2)20(29)28-21(34-19(25-28)15-9-13(22)3-5-17(15)24)12(7-8-27(30)31)11-33-18-6-4-14(23)10-16(18)21/h3-6,9-10,12H,7-8,11H2,1-2H3. The van der Waals surface area contributed by atoms with Crippen LogP contribution >= 0.6 is 11.8 Å². The first-order chi connectivity index (χ1) is 16.2. The van der Waals surface area contributed by atoms with Crippen molar-refractivity contribution < 1.29 is 32.5 Å². The first kappa shape index (κ1) is 23.8. The summed E-state index contributed by atoms with van der Waals surface area (Å²) in [5.41, 5.74) is -0.0253. The number of ether oxygens (including phenoxy) is 1. The van der Waals surface area contributed by atoms with Crippen molar-refractivity contribution in [1.82, 2.24) is 10.1 Å². The molecule has 0 aromatic heterocycles. The number of hydrogen-bond donors (Lipinski definition) is 0. The van der Waals surface area contributed by atoms with Crippen molar-refractivity contribution in [3.05, 3.63) is 75.1 Å². The Kier molecular flexibility index (Phi) is 6.41. The third-order valence-electron chi connectivity index (χ3n) is 5.62. The molecule has 0 N–H and O–H groups in total. The lowest BCUT2D eigenvalue weighted by Gasteiger charge is -2.45. The fourth-order valence-corrected chi connectivity index (χ4v) is 5.45. The van der Waals surface area contributed by atoms with E-state index in [0.717, 1.165) is 46.1 Å². The Morgan fingerprint density at radius 2 is 2.03 bits per heavy atom. The predicted octanol–water partition coefficient (Wildman–Crippen LogP) is 3.96. The first-order valence-corrected chi connectivity index (χ1v) is 10.9. The molecule has 0 saturated heterocycles. The molecular formula is C21H19F3N4O5S. The highest BCUT2D eigenvalue weighted by Gasteiger charge is 2.58. The van der Waals surface area contributed by atoms with Crippen molar-refractivity contribution in [2.75, 3.05) is 27.3 Å². The molecule has 0 bridgehead atoms. The number of carbonyl (C=O) groups is 1. The zero-order valence-electron chi connectivity index (χ0n) is 18.0. The van der Waals surface area contributed by atoms with Gasteiger partial charge in [0, 0.05) is 35.4 Å². The highest BCUT2D eigenvalue weighted by molar-refractivity contribution is 8.15. The van der Waals surface area contributed by atoms with Gasteiger partial charge in [-0.2, -0.15) is 10.1 Å². The number of rotatable bonds is 5. The van der Waals surface area contributed by atoms with Crippen LogP contribution in [0.25, 0.3) is 0 Å². The number of fused-ring (bicyclic) bond motifs is 2. The number of amides is 2. The van der Waals surface area contributed by atoms with Crippen LogP contribution in [0.4, 0.5) is 18.0 Å². The molecule has 2 heterocycles. The van der Waals surface area contributed by atoms with E-state index in [0.29, 0.717) is 0 Å². The van der Waals surface area contributed by atoms with Crippen LogP contribution in [0, 0.1) is 33.5 Å². The largest absolute Gasteiger partial charge is 0.493 e. The Labute approximate surface area is 196 Å². The summed E-state index contributed by atoms with van der Waals surface area (Å²) in [4.78, 5) is 27.4. The molecule has 2 unspecified atom stereocenters. The van der Waals surface area contributed by atoms with Gasteiger partial charge in [-0.05, 0) is 36.4 Å². The number of hydrazone groups is 1. The minimum absolute atomic E-state index is 0.0573. The molecule has 0 aliphatic carbocycles. The zero-order chi connectivity index (χ0) is 24.6. The Bertz CT molecular complexity index is 1180. The number of carbonyl (C=O) groups excluding carboxylic acids is 1. The van der Waals surface area contributed by atoms with Crippen LogP contribution in [-0.2, 0) is 9.71 Å². The van der Waals surface area contributed by atoms with Gasteiger partial charge in [0.15, 0.2) is 4.87 Å². The fraction of sp³-hybridized carbons (Fsp3) is 0.333. The Balaban J connectivity index is 1.93. The summed E-state index contributed by atoms with van der Waals surface area (Å²) in [6.07, 6.45) is -0.0646. The van der Waals surface area contributed by atoms with E-state index in [-0.39, 0.29) is 34.9 Å². The third kappa shape index (κ3) is 4.05. The number of hydroxylamine groups is 2. The van der Waals surface area contributed by atoms with Gasteiger partial charge < -0.3 is 4.74 Å². The van der Waals surface area contributed by atoms with Gasteiger partial charge in [0.2, 0.25) is 6.54 Å². The van der Waals surface area contributed by atoms with Crippen molar-refractivity contribution in [3.8, 4) is 5.75 Å². The van der Waals surface area contributed by atoms with Gasteiger partial charge in [0.05, 0.1) is 13.7 Å². The topological polar surface area (TPSA) is 97.5 Å². The van der Waals surface area contributed by atoms with Gasteiger partial charge in [-0.15, -0.1) is 0 Å². The first-order valence-electron chi connectivity index (χ1n) is 10.1. The van der Waals surface area contributed by atoms with E-state index in [4.69, 9.17) is 9.57 Å². The number of nitro groups is 1. The molecule has 1 spiro atoms. The molecule has 34 heavy (non-hydrogen) atoms. The van der Waals surface area contributed by atoms with Crippen molar-refractivity contribution >= 4 is 22.8 Å². The lowest BCUT2D eigenvalue weighted by molar-refractivity contribution is -0.482. The highest BCUT2D eigenvalue weighted by atomic mass is 32.2. The minimum Gasteiger partial charge on any atom is -0.493 e. The van der Waals surface area contributed by atoms with Crippen LogP contribution < -0.4 is 4.74 Å². The summed E-state index contributed by atoms with van der Waals surface area (Å²) in [6.45, 7) is -0.527. The lowest BCUT2D eigenvalue weighted by Crippen LogP contribution is -2.54. The van der Waals surface area contributed by atoms with Crippen molar-refractivity contribution in [2.45, 2.75) is 11.3 Å². The zero-order valence-corrected chi connectivity index (χ0v) is 18.9. The number of thioether (sulfide) groups is 1. The van der Waals surface area contributed by atoms with Crippen molar-refractivity contribution in [3.63, 3.8) is 0 Å². The number of benzene rings is 2. The van der Waals surface area contributed by atoms with Crippen LogP contribution in [0.5, 0.6) is 5.75 Å². The monoisotopic (exact) mass is 496 g/mol. The van der Waals surface area contributed by atoms with Gasteiger partial charge in [-0.1, -0.05) is 11.8 Å². The second-order valence-corrected chi connectivity index (χ2v) is 8.81. The quantitative estimate of drug-likeness (QED) is 0.459. The van der Waals surface area contributed by atoms with E-state index in [1.165, 1.54) is 26.3 Å². The molecule has 2 amide bonds. The van der Waals surface area contributed by atoms with E-state index in [1.54, 1.807) is 0 Å². The summed E-state index contributed by atoms with van der Waals surface area (Å²) in [7, 11) is 2.56. The number of halogens is 3. The summed E-state index contributed by atoms with van der Waals surface area (Å²) in [5, 5.41) is 17.2. The average Bonchev–Trinajstić information content (AvgIpc) is 3.20. The van der Waals surface area contributed by atoms with E-state index >= 15 is 0 Å². The van der Waals surface area contributed by atoms with Gasteiger partial charge in [-0.25, -0.2) is 23.0 Å². The van der Waals surface area contributed by atoms with Crippen LogP contribution in [0.3, 0.4) is 0 Å². The maximum Gasteiger partial charge on any atom is 0.365 e. The van der Waals surface area contributed by atoms with Gasteiger partial charge in [0.1, 0.15) is 28.2 Å². The molecule has 13 heteroatoms. The molecule has 2 aromatic rings. The van der Waals surface area contributed by atoms with Gasteiger partial charge in [0.25, 0.3) is 0 Å². The normalized spacial score (nSPS) is 21.1. The van der Waals surface area contributed by atoms with Crippen LogP contribution in [0.2, 0.25) is 0 Å². The third-order valence-corrected chi connectivity index (χ3v) is 7.15.